The molecule has 1 N–H and O–H groups in total. The summed E-state index contributed by atoms with van der Waals surface area (Å²) in [6, 6.07) is 21.6. The van der Waals surface area contributed by atoms with Gasteiger partial charge in [-0.05, 0) is 55.7 Å². The van der Waals surface area contributed by atoms with Crippen LogP contribution in [0.4, 0.5) is 4.39 Å². The van der Waals surface area contributed by atoms with Crippen molar-refractivity contribution in [3.63, 3.8) is 0 Å². The van der Waals surface area contributed by atoms with Crippen LogP contribution < -0.4 is 5.32 Å². The highest BCUT2D eigenvalue weighted by molar-refractivity contribution is 7.89. The smallest absolute Gasteiger partial charge is 0.243 e. The maximum absolute atomic E-state index is 13.3. The summed E-state index contributed by atoms with van der Waals surface area (Å²) in [6.45, 7) is 3.51. The molecule has 0 radical (unpaired) electrons. The first-order valence-corrected chi connectivity index (χ1v) is 11.9. The fourth-order valence-corrected chi connectivity index (χ4v) is 4.72. The highest BCUT2D eigenvalue weighted by Gasteiger charge is 2.27. The Hall–Kier alpha value is -3.03. The van der Waals surface area contributed by atoms with Crippen LogP contribution in [0.1, 0.15) is 29.7 Å². The first-order chi connectivity index (χ1) is 15.3. The lowest BCUT2D eigenvalue weighted by atomic mass is 10.1. The average molecular weight is 455 g/mol. The van der Waals surface area contributed by atoms with Crippen molar-refractivity contribution in [1.29, 1.82) is 0 Å². The normalized spacial score (nSPS) is 12.5. The number of nitrogens with zero attached hydrogens (tertiary/aromatic N) is 1. The second kappa shape index (κ2) is 10.5. The Morgan fingerprint density at radius 2 is 1.59 bits per heavy atom. The maximum atomic E-state index is 13.3. The van der Waals surface area contributed by atoms with Crippen LogP contribution in [0.3, 0.4) is 0 Å². The highest BCUT2D eigenvalue weighted by atomic mass is 32.2. The third kappa shape index (κ3) is 6.24. The van der Waals surface area contributed by atoms with Gasteiger partial charge in [-0.25, -0.2) is 12.8 Å². The molecule has 168 valence electrons. The standard InChI is InChI=1S/C25H27FN2O3S/c1-19-8-14-24(15-9-19)32(30,31)28(17-16-21-6-4-3-5-7-21)18-25(29)27-20(2)22-10-12-23(26)13-11-22/h3-15,20H,16-18H2,1-2H3,(H,27,29)/t20-/m0/s1. The number of benzene rings is 3. The molecule has 0 bridgehead atoms. The molecule has 3 aromatic rings. The number of hydrogen-bond acceptors (Lipinski definition) is 3. The van der Waals surface area contributed by atoms with E-state index in [1.807, 2.05) is 37.3 Å². The molecule has 3 aromatic carbocycles. The van der Waals surface area contributed by atoms with E-state index in [0.29, 0.717) is 6.42 Å². The molecular weight excluding hydrogens is 427 g/mol. The van der Waals surface area contributed by atoms with E-state index in [4.69, 9.17) is 0 Å². The Morgan fingerprint density at radius 1 is 0.969 bits per heavy atom. The Bertz CT molecular complexity index is 1130. The molecule has 32 heavy (non-hydrogen) atoms. The number of carbonyl (C=O) groups excluding carboxylic acids is 1. The van der Waals surface area contributed by atoms with Crippen LogP contribution in [0.2, 0.25) is 0 Å². The Morgan fingerprint density at radius 3 is 2.22 bits per heavy atom. The minimum absolute atomic E-state index is 0.149. The van der Waals surface area contributed by atoms with Crippen molar-refractivity contribution in [3.05, 3.63) is 101 Å². The molecule has 0 spiro atoms. The van der Waals surface area contributed by atoms with Gasteiger partial charge in [-0.15, -0.1) is 0 Å². The van der Waals surface area contributed by atoms with E-state index < -0.39 is 15.9 Å². The molecule has 0 heterocycles. The quantitative estimate of drug-likeness (QED) is 0.526. The van der Waals surface area contributed by atoms with Crippen molar-refractivity contribution < 1.29 is 17.6 Å². The second-order valence-corrected chi connectivity index (χ2v) is 9.67. The summed E-state index contributed by atoms with van der Waals surface area (Å²) in [6.07, 6.45) is 0.479. The van der Waals surface area contributed by atoms with Gasteiger partial charge in [0.2, 0.25) is 15.9 Å². The lowest BCUT2D eigenvalue weighted by molar-refractivity contribution is -0.121. The second-order valence-electron chi connectivity index (χ2n) is 7.73. The van der Waals surface area contributed by atoms with Crippen LogP contribution in [0.5, 0.6) is 0 Å². The van der Waals surface area contributed by atoms with Crippen LogP contribution in [0, 0.1) is 12.7 Å². The van der Waals surface area contributed by atoms with Gasteiger partial charge < -0.3 is 5.32 Å². The van der Waals surface area contributed by atoms with E-state index in [2.05, 4.69) is 5.32 Å². The van der Waals surface area contributed by atoms with Gasteiger partial charge in [-0.1, -0.05) is 60.2 Å². The summed E-state index contributed by atoms with van der Waals surface area (Å²) in [7, 11) is -3.87. The minimum Gasteiger partial charge on any atom is -0.348 e. The number of hydrogen-bond donors (Lipinski definition) is 1. The lowest BCUT2D eigenvalue weighted by Crippen LogP contribution is -2.42. The number of carbonyl (C=O) groups is 1. The number of amides is 1. The lowest BCUT2D eigenvalue weighted by Gasteiger charge is -2.23. The molecule has 0 aliphatic carbocycles. The van der Waals surface area contributed by atoms with E-state index >= 15 is 0 Å². The van der Waals surface area contributed by atoms with Gasteiger partial charge in [0.25, 0.3) is 0 Å². The predicted molar refractivity (Wildman–Crippen MR) is 123 cm³/mol. The van der Waals surface area contributed by atoms with Crippen LogP contribution in [-0.2, 0) is 21.2 Å². The van der Waals surface area contributed by atoms with Gasteiger partial charge in [0.05, 0.1) is 17.5 Å². The first kappa shape index (κ1) is 23.6. The van der Waals surface area contributed by atoms with Gasteiger partial charge in [0.15, 0.2) is 0 Å². The van der Waals surface area contributed by atoms with Gasteiger partial charge in [-0.2, -0.15) is 4.31 Å². The summed E-state index contributed by atoms with van der Waals surface area (Å²) >= 11 is 0. The van der Waals surface area contributed by atoms with Crippen molar-refractivity contribution >= 4 is 15.9 Å². The molecule has 0 aromatic heterocycles. The van der Waals surface area contributed by atoms with E-state index in [9.17, 15) is 17.6 Å². The molecule has 0 saturated carbocycles. The van der Waals surface area contributed by atoms with Crippen molar-refractivity contribution in [2.24, 2.45) is 0 Å². The van der Waals surface area contributed by atoms with E-state index in [1.165, 1.54) is 16.4 Å². The molecule has 5 nitrogen and oxygen atoms in total. The Kier molecular flexibility index (Phi) is 7.77. The van der Waals surface area contributed by atoms with Gasteiger partial charge in [-0.3, -0.25) is 4.79 Å². The van der Waals surface area contributed by atoms with Crippen LogP contribution >= 0.6 is 0 Å². The zero-order chi connectivity index (χ0) is 23.1. The van der Waals surface area contributed by atoms with Crippen molar-refractivity contribution in [2.45, 2.75) is 31.2 Å². The van der Waals surface area contributed by atoms with Crippen molar-refractivity contribution in [3.8, 4) is 0 Å². The van der Waals surface area contributed by atoms with Gasteiger partial charge in [0, 0.05) is 6.54 Å². The SMILES string of the molecule is Cc1ccc(S(=O)(=O)N(CCc2ccccc2)CC(=O)N[C@@H](C)c2ccc(F)cc2)cc1. The fraction of sp³-hybridized carbons (Fsp3) is 0.240. The molecule has 0 saturated heterocycles. The summed E-state index contributed by atoms with van der Waals surface area (Å²) in [5.41, 5.74) is 2.67. The number of nitrogens with one attached hydrogen (secondary N) is 1. The summed E-state index contributed by atoms with van der Waals surface area (Å²) in [5.74, 6) is -0.783. The van der Waals surface area contributed by atoms with E-state index in [1.54, 1.807) is 43.3 Å². The Balaban J connectivity index is 1.77. The fourth-order valence-electron chi connectivity index (χ4n) is 3.32. The van der Waals surface area contributed by atoms with E-state index in [0.717, 1.165) is 16.7 Å². The Labute approximate surface area is 188 Å². The van der Waals surface area contributed by atoms with Gasteiger partial charge >= 0.3 is 0 Å². The highest BCUT2D eigenvalue weighted by Crippen LogP contribution is 2.18. The molecule has 1 atom stereocenters. The number of rotatable bonds is 9. The number of aryl methyl sites for hydroxylation is 1. The monoisotopic (exact) mass is 454 g/mol. The van der Waals surface area contributed by atoms with Crippen LogP contribution in [-0.4, -0.2) is 31.7 Å². The number of halogens is 1. The molecule has 3 rings (SSSR count). The summed E-state index contributed by atoms with van der Waals surface area (Å²) < 4.78 is 41.0. The van der Waals surface area contributed by atoms with Crippen LogP contribution in [0.15, 0.2) is 83.8 Å². The molecular formula is C25H27FN2O3S. The third-order valence-corrected chi connectivity index (χ3v) is 7.08. The molecule has 0 unspecified atom stereocenters. The largest absolute Gasteiger partial charge is 0.348 e. The van der Waals surface area contributed by atoms with E-state index in [-0.39, 0.29) is 29.8 Å². The maximum Gasteiger partial charge on any atom is 0.243 e. The molecule has 1 amide bonds. The average Bonchev–Trinajstić information content (AvgIpc) is 2.78. The molecule has 0 aliphatic heterocycles. The van der Waals surface area contributed by atoms with Crippen molar-refractivity contribution in [1.82, 2.24) is 9.62 Å². The number of sulfonamides is 1. The summed E-state index contributed by atoms with van der Waals surface area (Å²) in [5, 5.41) is 2.81. The molecule has 0 aliphatic rings. The predicted octanol–water partition coefficient (Wildman–Crippen LogP) is 4.24. The van der Waals surface area contributed by atoms with Crippen molar-refractivity contribution in [2.75, 3.05) is 13.1 Å². The first-order valence-electron chi connectivity index (χ1n) is 10.4. The topological polar surface area (TPSA) is 66.5 Å². The van der Waals surface area contributed by atoms with Gasteiger partial charge in [0.1, 0.15) is 5.82 Å². The molecule has 0 fully saturated rings. The zero-order valence-electron chi connectivity index (χ0n) is 18.2. The van der Waals surface area contributed by atoms with Crippen LogP contribution in [0.25, 0.3) is 0 Å². The zero-order valence-corrected chi connectivity index (χ0v) is 19.0. The minimum atomic E-state index is -3.87. The molecule has 7 heteroatoms. The third-order valence-electron chi connectivity index (χ3n) is 5.22. The summed E-state index contributed by atoms with van der Waals surface area (Å²) in [4.78, 5) is 12.9.